The van der Waals surface area contributed by atoms with Crippen molar-refractivity contribution in [3.63, 3.8) is 0 Å². The van der Waals surface area contributed by atoms with Gasteiger partial charge in [0.15, 0.2) is 0 Å². The fourth-order valence-electron chi connectivity index (χ4n) is 3.00. The normalized spacial score (nSPS) is 14.7. The first-order valence-electron chi connectivity index (χ1n) is 7.36. The minimum atomic E-state index is 0.562. The van der Waals surface area contributed by atoms with E-state index in [1.807, 2.05) is 0 Å². The Morgan fingerprint density at radius 2 is 1.67 bits per heavy atom. The summed E-state index contributed by atoms with van der Waals surface area (Å²) in [5.41, 5.74) is 11.2. The Labute approximate surface area is 131 Å². The summed E-state index contributed by atoms with van der Waals surface area (Å²) in [7, 11) is 0. The summed E-state index contributed by atoms with van der Waals surface area (Å²) in [6.07, 6.45) is 1.82. The third-order valence-corrected chi connectivity index (χ3v) is 4.23. The van der Waals surface area contributed by atoms with Crippen LogP contribution >= 0.6 is 12.2 Å². The second kappa shape index (κ2) is 6.37. The second-order valence-electron chi connectivity index (χ2n) is 5.64. The molecule has 0 saturated carbocycles. The summed E-state index contributed by atoms with van der Waals surface area (Å²) in [5.74, 6) is 0. The van der Waals surface area contributed by atoms with Gasteiger partial charge in [0.05, 0.1) is 4.99 Å². The third kappa shape index (κ3) is 3.49. The first-order valence-corrected chi connectivity index (χ1v) is 7.77. The average Bonchev–Trinajstić information content (AvgIpc) is 2.49. The van der Waals surface area contributed by atoms with Crippen molar-refractivity contribution >= 4 is 17.2 Å². The Morgan fingerprint density at radius 3 is 2.43 bits per heavy atom. The van der Waals surface area contributed by atoms with Gasteiger partial charge in [0.2, 0.25) is 0 Å². The summed E-state index contributed by atoms with van der Waals surface area (Å²) in [5, 5.41) is 0. The largest absolute Gasteiger partial charge is 0.393 e. The molecule has 1 heterocycles. The monoisotopic (exact) mass is 296 g/mol. The Bertz CT molecular complexity index is 651. The van der Waals surface area contributed by atoms with Crippen LogP contribution in [0, 0.1) is 0 Å². The van der Waals surface area contributed by atoms with Crippen molar-refractivity contribution in [3.05, 3.63) is 70.8 Å². The molecular weight excluding hydrogens is 276 g/mol. The average molecular weight is 296 g/mol. The van der Waals surface area contributed by atoms with Gasteiger partial charge in [-0.25, -0.2) is 0 Å². The lowest BCUT2D eigenvalue weighted by molar-refractivity contribution is 0.245. The zero-order valence-corrected chi connectivity index (χ0v) is 12.9. The summed E-state index contributed by atoms with van der Waals surface area (Å²) in [6.45, 7) is 3.10. The van der Waals surface area contributed by atoms with Gasteiger partial charge in [0.1, 0.15) is 0 Å². The number of rotatable bonds is 4. The van der Waals surface area contributed by atoms with Crippen molar-refractivity contribution in [1.29, 1.82) is 0 Å². The molecule has 0 fully saturated rings. The first kappa shape index (κ1) is 14.2. The van der Waals surface area contributed by atoms with Crippen LogP contribution in [0.1, 0.15) is 22.3 Å². The van der Waals surface area contributed by atoms with Gasteiger partial charge < -0.3 is 5.73 Å². The van der Waals surface area contributed by atoms with E-state index in [2.05, 4.69) is 53.4 Å². The molecule has 108 valence electrons. The smallest absolute Gasteiger partial charge is 0.0771 e. The standard InChI is InChI=1S/C18H20N2S/c19-18(21)11-15-6-2-4-8-17(15)13-20-10-9-14-5-1-3-7-16(14)12-20/h1-8H,9-13H2,(H2,19,21). The molecule has 0 aliphatic carbocycles. The van der Waals surface area contributed by atoms with Crippen LogP contribution in [-0.4, -0.2) is 16.4 Å². The molecule has 2 nitrogen and oxygen atoms in total. The van der Waals surface area contributed by atoms with Crippen molar-refractivity contribution in [2.45, 2.75) is 25.9 Å². The van der Waals surface area contributed by atoms with Crippen LogP contribution in [-0.2, 0) is 25.9 Å². The van der Waals surface area contributed by atoms with Gasteiger partial charge in [0, 0.05) is 26.1 Å². The van der Waals surface area contributed by atoms with E-state index in [-0.39, 0.29) is 0 Å². The minimum Gasteiger partial charge on any atom is -0.393 e. The molecule has 0 atom stereocenters. The van der Waals surface area contributed by atoms with E-state index in [4.69, 9.17) is 18.0 Å². The van der Waals surface area contributed by atoms with Crippen LogP contribution in [0.25, 0.3) is 0 Å². The van der Waals surface area contributed by atoms with Gasteiger partial charge in [-0.05, 0) is 28.7 Å². The Hall–Kier alpha value is -1.71. The van der Waals surface area contributed by atoms with E-state index in [0.29, 0.717) is 11.4 Å². The molecule has 0 unspecified atom stereocenters. The number of nitrogens with two attached hydrogens (primary N) is 1. The van der Waals surface area contributed by atoms with E-state index >= 15 is 0 Å². The predicted octanol–water partition coefficient (Wildman–Crippen LogP) is 3.07. The van der Waals surface area contributed by atoms with E-state index in [1.54, 1.807) is 0 Å². The predicted molar refractivity (Wildman–Crippen MR) is 91.2 cm³/mol. The van der Waals surface area contributed by atoms with Gasteiger partial charge in [-0.15, -0.1) is 0 Å². The lowest BCUT2D eigenvalue weighted by atomic mass is 9.98. The maximum absolute atomic E-state index is 5.71. The lowest BCUT2D eigenvalue weighted by Crippen LogP contribution is -2.30. The molecule has 0 saturated heterocycles. The molecule has 0 amide bonds. The molecule has 0 spiro atoms. The van der Waals surface area contributed by atoms with E-state index in [0.717, 1.165) is 26.1 Å². The molecule has 0 radical (unpaired) electrons. The molecule has 1 aliphatic rings. The molecule has 0 bridgehead atoms. The van der Waals surface area contributed by atoms with Gasteiger partial charge in [-0.2, -0.15) is 0 Å². The molecule has 21 heavy (non-hydrogen) atoms. The first-order chi connectivity index (χ1) is 10.2. The number of hydrogen-bond donors (Lipinski definition) is 1. The van der Waals surface area contributed by atoms with Gasteiger partial charge in [-0.3, -0.25) is 4.90 Å². The summed E-state index contributed by atoms with van der Waals surface area (Å²) < 4.78 is 0. The molecule has 2 aromatic carbocycles. The molecule has 0 aromatic heterocycles. The van der Waals surface area contributed by atoms with Crippen molar-refractivity contribution in [3.8, 4) is 0 Å². The van der Waals surface area contributed by atoms with Crippen LogP contribution in [0.5, 0.6) is 0 Å². The molecule has 3 rings (SSSR count). The zero-order chi connectivity index (χ0) is 14.7. The highest BCUT2D eigenvalue weighted by Crippen LogP contribution is 2.21. The van der Waals surface area contributed by atoms with Crippen molar-refractivity contribution in [1.82, 2.24) is 4.90 Å². The van der Waals surface area contributed by atoms with Gasteiger partial charge in [-0.1, -0.05) is 60.7 Å². The van der Waals surface area contributed by atoms with E-state index in [1.165, 1.54) is 22.3 Å². The fraction of sp³-hybridized carbons (Fsp3) is 0.278. The topological polar surface area (TPSA) is 29.3 Å². The van der Waals surface area contributed by atoms with E-state index < -0.39 is 0 Å². The summed E-state index contributed by atoms with van der Waals surface area (Å²) >= 11 is 5.06. The number of fused-ring (bicyclic) bond motifs is 1. The molecule has 2 N–H and O–H groups in total. The van der Waals surface area contributed by atoms with Gasteiger partial charge >= 0.3 is 0 Å². The maximum Gasteiger partial charge on any atom is 0.0771 e. The van der Waals surface area contributed by atoms with Crippen LogP contribution in [0.15, 0.2) is 48.5 Å². The minimum absolute atomic E-state index is 0.562. The third-order valence-electron chi connectivity index (χ3n) is 4.09. The highest BCUT2D eigenvalue weighted by atomic mass is 32.1. The highest BCUT2D eigenvalue weighted by molar-refractivity contribution is 7.80. The molecule has 3 heteroatoms. The number of thiocarbonyl (C=S) groups is 1. The SMILES string of the molecule is NC(=S)Cc1ccccc1CN1CCc2ccccc2C1. The van der Waals surface area contributed by atoms with Crippen LogP contribution in [0.2, 0.25) is 0 Å². The Morgan fingerprint density at radius 1 is 1.00 bits per heavy atom. The van der Waals surface area contributed by atoms with Gasteiger partial charge in [0.25, 0.3) is 0 Å². The number of hydrogen-bond acceptors (Lipinski definition) is 2. The Kier molecular flexibility index (Phi) is 4.32. The van der Waals surface area contributed by atoms with E-state index in [9.17, 15) is 0 Å². The second-order valence-corrected chi connectivity index (χ2v) is 6.17. The number of nitrogens with zero attached hydrogens (tertiary/aromatic N) is 1. The molecule has 1 aliphatic heterocycles. The maximum atomic E-state index is 5.71. The summed E-state index contributed by atoms with van der Waals surface area (Å²) in [4.78, 5) is 3.06. The number of benzene rings is 2. The molecule has 2 aromatic rings. The van der Waals surface area contributed by atoms with Crippen LogP contribution < -0.4 is 5.73 Å². The fourth-order valence-corrected chi connectivity index (χ4v) is 3.16. The highest BCUT2D eigenvalue weighted by Gasteiger charge is 2.16. The summed E-state index contributed by atoms with van der Waals surface area (Å²) in [6, 6.07) is 17.2. The van der Waals surface area contributed by atoms with Crippen LogP contribution in [0.3, 0.4) is 0 Å². The van der Waals surface area contributed by atoms with Crippen LogP contribution in [0.4, 0.5) is 0 Å². The lowest BCUT2D eigenvalue weighted by Gasteiger charge is -2.29. The molecular formula is C18H20N2S. The van der Waals surface area contributed by atoms with Crippen molar-refractivity contribution in [2.75, 3.05) is 6.54 Å². The van der Waals surface area contributed by atoms with Crippen molar-refractivity contribution < 1.29 is 0 Å². The van der Waals surface area contributed by atoms with Crippen molar-refractivity contribution in [2.24, 2.45) is 5.73 Å². The quantitative estimate of drug-likeness (QED) is 0.879. The zero-order valence-electron chi connectivity index (χ0n) is 12.1. The Balaban J connectivity index is 1.75.